The van der Waals surface area contributed by atoms with Crippen LogP contribution in [0.5, 0.6) is 23.0 Å². The summed E-state index contributed by atoms with van der Waals surface area (Å²) in [5.41, 5.74) is 1.39. The highest BCUT2D eigenvalue weighted by Gasteiger charge is 2.35. The maximum Gasteiger partial charge on any atom is 0.218 e. The number of benzene rings is 2. The van der Waals surface area contributed by atoms with Crippen molar-refractivity contribution in [2.45, 2.75) is 38.1 Å². The summed E-state index contributed by atoms with van der Waals surface area (Å²) in [6.45, 7) is 3.63. The Bertz CT molecular complexity index is 1250. The predicted molar refractivity (Wildman–Crippen MR) is 145 cm³/mol. The van der Waals surface area contributed by atoms with E-state index in [1.807, 2.05) is 6.92 Å². The molecule has 0 amide bonds. The van der Waals surface area contributed by atoms with Gasteiger partial charge < -0.3 is 18.9 Å². The lowest BCUT2D eigenvalue weighted by Gasteiger charge is -2.29. The highest BCUT2D eigenvalue weighted by atomic mass is 79.9. The van der Waals surface area contributed by atoms with Gasteiger partial charge in [0, 0.05) is 54.7 Å². The third kappa shape index (κ3) is 6.71. The lowest BCUT2D eigenvalue weighted by Crippen LogP contribution is -2.39. The number of halogens is 1. The second kappa shape index (κ2) is 12.6. The molecular formula is C26H32BrN3O6S. The van der Waals surface area contributed by atoms with Crippen LogP contribution in [0.4, 0.5) is 0 Å². The van der Waals surface area contributed by atoms with Crippen molar-refractivity contribution in [2.75, 3.05) is 28.4 Å². The van der Waals surface area contributed by atoms with Gasteiger partial charge in [0.05, 0.1) is 38.2 Å². The third-order valence-corrected chi connectivity index (χ3v) is 9.00. The third-order valence-electron chi connectivity index (χ3n) is 6.26. The molecule has 0 aliphatic carbocycles. The molecule has 1 aromatic heterocycles. The molecule has 11 heteroatoms. The number of hydrogen-bond donors (Lipinski definition) is 0. The largest absolute Gasteiger partial charge is 0.497 e. The number of ether oxygens (including phenoxy) is 4. The van der Waals surface area contributed by atoms with Gasteiger partial charge in [-0.05, 0) is 35.0 Å². The summed E-state index contributed by atoms with van der Waals surface area (Å²) in [7, 11) is 2.34. The van der Waals surface area contributed by atoms with Gasteiger partial charge in [-0.25, -0.2) is 18.4 Å². The van der Waals surface area contributed by atoms with Crippen LogP contribution < -0.4 is 18.9 Å². The zero-order valence-corrected chi connectivity index (χ0v) is 24.2. The highest BCUT2D eigenvalue weighted by Crippen LogP contribution is 2.33. The van der Waals surface area contributed by atoms with Gasteiger partial charge >= 0.3 is 0 Å². The second-order valence-corrected chi connectivity index (χ2v) is 11.6. The minimum absolute atomic E-state index is 0.0724. The minimum atomic E-state index is -3.87. The van der Waals surface area contributed by atoms with E-state index in [0.29, 0.717) is 39.9 Å². The first-order valence-electron chi connectivity index (χ1n) is 11.5. The van der Waals surface area contributed by atoms with Crippen molar-refractivity contribution in [3.63, 3.8) is 0 Å². The number of aromatic nitrogens is 2. The monoisotopic (exact) mass is 593 g/mol. The Morgan fingerprint density at radius 2 is 1.27 bits per heavy atom. The number of sulfonamides is 1. The Morgan fingerprint density at radius 3 is 1.68 bits per heavy atom. The average Bonchev–Trinajstić information content (AvgIpc) is 2.92. The zero-order chi connectivity index (χ0) is 27.2. The molecule has 2 atom stereocenters. The molecule has 0 spiro atoms. The summed E-state index contributed by atoms with van der Waals surface area (Å²) in [6, 6.07) is 10.6. The van der Waals surface area contributed by atoms with Gasteiger partial charge in [0.1, 0.15) is 28.8 Å². The fourth-order valence-electron chi connectivity index (χ4n) is 3.84. The summed E-state index contributed by atoms with van der Waals surface area (Å²) >= 11 is 3.32. The molecule has 1 heterocycles. The van der Waals surface area contributed by atoms with Crippen molar-refractivity contribution < 1.29 is 27.4 Å². The van der Waals surface area contributed by atoms with Crippen LogP contribution in [0.25, 0.3) is 0 Å². The maximum atomic E-state index is 14.1. The van der Waals surface area contributed by atoms with Crippen LogP contribution in [0.1, 0.15) is 36.7 Å². The summed E-state index contributed by atoms with van der Waals surface area (Å²) in [5, 5.41) is -0.817. The molecular weight excluding hydrogens is 562 g/mol. The highest BCUT2D eigenvalue weighted by molar-refractivity contribution is 9.10. The van der Waals surface area contributed by atoms with Crippen LogP contribution in [-0.2, 0) is 23.1 Å². The Morgan fingerprint density at radius 1 is 0.811 bits per heavy atom. The van der Waals surface area contributed by atoms with E-state index in [1.54, 1.807) is 84.2 Å². The number of rotatable bonds is 12. The van der Waals surface area contributed by atoms with Crippen molar-refractivity contribution in [2.24, 2.45) is 0 Å². The Labute approximate surface area is 226 Å². The Kier molecular flexibility index (Phi) is 9.74. The van der Waals surface area contributed by atoms with Crippen LogP contribution in [0.3, 0.4) is 0 Å². The molecule has 0 fully saturated rings. The van der Waals surface area contributed by atoms with Gasteiger partial charge in [0.2, 0.25) is 10.0 Å². The van der Waals surface area contributed by atoms with E-state index in [9.17, 15) is 8.42 Å². The topological polar surface area (TPSA) is 100 Å². The molecule has 37 heavy (non-hydrogen) atoms. The Hall–Kier alpha value is -2.89. The average molecular weight is 595 g/mol. The number of methoxy groups -OCH3 is 4. The van der Waals surface area contributed by atoms with E-state index in [0.717, 1.165) is 4.47 Å². The summed E-state index contributed by atoms with van der Waals surface area (Å²) in [5.74, 6) is 2.26. The van der Waals surface area contributed by atoms with E-state index >= 15 is 0 Å². The molecule has 0 saturated heterocycles. The quantitative estimate of drug-likeness (QED) is 0.295. The summed E-state index contributed by atoms with van der Waals surface area (Å²) < 4.78 is 52.0. The van der Waals surface area contributed by atoms with Crippen molar-refractivity contribution in [3.05, 3.63) is 70.2 Å². The molecule has 2 unspecified atom stereocenters. The molecule has 3 rings (SSSR count). The van der Waals surface area contributed by atoms with Crippen LogP contribution in [0.15, 0.2) is 53.3 Å². The van der Waals surface area contributed by atoms with E-state index in [1.165, 1.54) is 4.31 Å². The maximum absolute atomic E-state index is 14.1. The first kappa shape index (κ1) is 28.7. The predicted octanol–water partition coefficient (Wildman–Crippen LogP) is 4.80. The minimum Gasteiger partial charge on any atom is -0.497 e. The fourth-order valence-corrected chi connectivity index (χ4v) is 5.79. The zero-order valence-electron chi connectivity index (χ0n) is 21.8. The molecule has 0 bridgehead atoms. The molecule has 9 nitrogen and oxygen atoms in total. The molecule has 0 radical (unpaired) electrons. The standard InChI is InChI=1S/C26H32BrN3O6S/c1-17(26-28-13-21(27)14-29-26)18(2)37(31,32)30(15-19-7-9-22(33-3)11-24(19)35-5)16-20-8-10-23(34-4)12-25(20)36-6/h7-14,17-18H,15-16H2,1-6H3. The number of nitrogens with zero attached hydrogens (tertiary/aromatic N) is 3. The fraction of sp³-hybridized carbons (Fsp3) is 0.385. The molecule has 2 aromatic carbocycles. The first-order valence-corrected chi connectivity index (χ1v) is 13.8. The van der Waals surface area contributed by atoms with Gasteiger partial charge in [-0.15, -0.1) is 0 Å². The van der Waals surface area contributed by atoms with Gasteiger partial charge in [0.25, 0.3) is 0 Å². The lowest BCUT2D eigenvalue weighted by atomic mass is 10.1. The van der Waals surface area contributed by atoms with Crippen molar-refractivity contribution in [1.29, 1.82) is 0 Å². The second-order valence-electron chi connectivity index (χ2n) is 8.42. The van der Waals surface area contributed by atoms with Gasteiger partial charge in [-0.1, -0.05) is 19.1 Å². The lowest BCUT2D eigenvalue weighted by molar-refractivity contribution is 0.354. The van der Waals surface area contributed by atoms with Crippen LogP contribution in [0.2, 0.25) is 0 Å². The molecule has 200 valence electrons. The van der Waals surface area contributed by atoms with Crippen molar-refractivity contribution in [1.82, 2.24) is 14.3 Å². The molecule has 0 aliphatic heterocycles. The molecule has 0 saturated carbocycles. The van der Waals surface area contributed by atoms with Gasteiger partial charge in [0.15, 0.2) is 0 Å². The van der Waals surface area contributed by atoms with Crippen LogP contribution >= 0.6 is 15.9 Å². The van der Waals surface area contributed by atoms with Gasteiger partial charge in [-0.2, -0.15) is 4.31 Å². The van der Waals surface area contributed by atoms with Crippen LogP contribution in [0, 0.1) is 0 Å². The van der Waals surface area contributed by atoms with Crippen LogP contribution in [-0.4, -0.2) is 56.4 Å². The summed E-state index contributed by atoms with van der Waals surface area (Å²) in [6.07, 6.45) is 3.22. The Balaban J connectivity index is 2.04. The van der Waals surface area contributed by atoms with E-state index in [4.69, 9.17) is 18.9 Å². The SMILES string of the molecule is COc1ccc(CN(Cc2ccc(OC)cc2OC)S(=O)(=O)C(C)C(C)c2ncc(Br)cn2)c(OC)c1. The first-order chi connectivity index (χ1) is 17.6. The van der Waals surface area contributed by atoms with E-state index in [2.05, 4.69) is 25.9 Å². The summed E-state index contributed by atoms with van der Waals surface area (Å²) in [4.78, 5) is 8.65. The van der Waals surface area contributed by atoms with E-state index in [-0.39, 0.29) is 13.1 Å². The van der Waals surface area contributed by atoms with E-state index < -0.39 is 21.2 Å². The number of hydrogen-bond acceptors (Lipinski definition) is 8. The van der Waals surface area contributed by atoms with Crippen molar-refractivity contribution >= 4 is 26.0 Å². The van der Waals surface area contributed by atoms with Crippen molar-refractivity contribution in [3.8, 4) is 23.0 Å². The smallest absolute Gasteiger partial charge is 0.218 e. The molecule has 0 N–H and O–H groups in total. The molecule has 0 aliphatic rings. The normalized spacial score (nSPS) is 13.2. The van der Waals surface area contributed by atoms with Gasteiger partial charge in [-0.3, -0.25) is 0 Å². The molecule has 3 aromatic rings.